The molecule has 0 N–H and O–H groups in total. The number of hydrogen-bond donors (Lipinski definition) is 0. The molecule has 6 heteroatoms. The number of halogens is 1. The molecule has 0 bridgehead atoms. The Morgan fingerprint density at radius 3 is 2.10 bits per heavy atom. The molecule has 4 aromatic rings. The fourth-order valence-electron chi connectivity index (χ4n) is 3.27. The van der Waals surface area contributed by atoms with Crippen molar-refractivity contribution in [3.63, 3.8) is 0 Å². The average molecular weight is 406 g/mol. The minimum atomic E-state index is -3.28. The van der Waals surface area contributed by atoms with Crippen molar-refractivity contribution in [1.29, 1.82) is 0 Å². The first-order valence-electron chi connectivity index (χ1n) is 9.08. The van der Waals surface area contributed by atoms with E-state index in [1.54, 1.807) is 42.6 Å². The fourth-order valence-corrected chi connectivity index (χ4v) is 3.90. The third kappa shape index (κ3) is 4.12. The summed E-state index contributed by atoms with van der Waals surface area (Å²) in [6.07, 6.45) is 2.95. The molecule has 0 unspecified atom stereocenters. The zero-order valence-corrected chi connectivity index (χ0v) is 16.6. The van der Waals surface area contributed by atoms with E-state index >= 15 is 0 Å². The van der Waals surface area contributed by atoms with Crippen molar-refractivity contribution < 1.29 is 12.8 Å². The van der Waals surface area contributed by atoms with E-state index in [2.05, 4.69) is 5.10 Å². The number of sulfone groups is 1. The van der Waals surface area contributed by atoms with Crippen molar-refractivity contribution in [3.05, 3.63) is 96.4 Å². The van der Waals surface area contributed by atoms with Crippen LogP contribution in [0.1, 0.15) is 5.56 Å². The highest BCUT2D eigenvalue weighted by molar-refractivity contribution is 7.90. The first kappa shape index (κ1) is 19.1. The molecular formula is C23H19FN2O2S. The molecular weight excluding hydrogens is 387 g/mol. The van der Waals surface area contributed by atoms with E-state index in [4.69, 9.17) is 0 Å². The van der Waals surface area contributed by atoms with Gasteiger partial charge >= 0.3 is 0 Å². The first-order valence-corrected chi connectivity index (χ1v) is 11.0. The van der Waals surface area contributed by atoms with Crippen LogP contribution in [0.15, 0.2) is 90.0 Å². The quantitative estimate of drug-likeness (QED) is 0.478. The smallest absolute Gasteiger partial charge is 0.175 e. The maximum Gasteiger partial charge on any atom is 0.175 e. The van der Waals surface area contributed by atoms with Gasteiger partial charge in [0.1, 0.15) is 5.82 Å². The molecule has 29 heavy (non-hydrogen) atoms. The van der Waals surface area contributed by atoms with Crippen LogP contribution in [-0.4, -0.2) is 24.5 Å². The first-order chi connectivity index (χ1) is 13.9. The largest absolute Gasteiger partial charge is 0.260 e. The topological polar surface area (TPSA) is 52.0 Å². The lowest BCUT2D eigenvalue weighted by molar-refractivity contribution is 0.602. The van der Waals surface area contributed by atoms with Gasteiger partial charge < -0.3 is 0 Å². The molecule has 0 fully saturated rings. The van der Waals surface area contributed by atoms with Crippen LogP contribution in [-0.2, 0) is 16.4 Å². The van der Waals surface area contributed by atoms with Crippen LogP contribution in [0.3, 0.4) is 0 Å². The average Bonchev–Trinajstić information content (AvgIpc) is 3.12. The maximum atomic E-state index is 13.4. The number of benzene rings is 3. The van der Waals surface area contributed by atoms with E-state index in [1.807, 2.05) is 35.0 Å². The van der Waals surface area contributed by atoms with Crippen molar-refractivity contribution in [2.24, 2.45) is 0 Å². The summed E-state index contributed by atoms with van der Waals surface area (Å²) in [5.41, 5.74) is 4.47. The SMILES string of the molecule is CS(=O)(=O)c1ccc(-c2c(-c3ccc(F)cc3)cnn2Cc2ccccc2)cc1. The van der Waals surface area contributed by atoms with Crippen molar-refractivity contribution in [1.82, 2.24) is 9.78 Å². The molecule has 0 atom stereocenters. The molecule has 0 saturated carbocycles. The Hall–Kier alpha value is -3.25. The minimum absolute atomic E-state index is 0.263. The summed E-state index contributed by atoms with van der Waals surface area (Å²) < 4.78 is 38.9. The van der Waals surface area contributed by atoms with E-state index in [-0.39, 0.29) is 10.7 Å². The van der Waals surface area contributed by atoms with Crippen molar-refractivity contribution in [3.8, 4) is 22.4 Å². The number of nitrogens with zero attached hydrogens (tertiary/aromatic N) is 2. The van der Waals surface area contributed by atoms with Crippen LogP contribution < -0.4 is 0 Å². The Kier molecular flexibility index (Phi) is 5.03. The lowest BCUT2D eigenvalue weighted by Gasteiger charge is -2.11. The van der Waals surface area contributed by atoms with Gasteiger partial charge in [-0.15, -0.1) is 0 Å². The van der Waals surface area contributed by atoms with Gasteiger partial charge in [-0.05, 0) is 35.4 Å². The second-order valence-corrected chi connectivity index (χ2v) is 8.87. The van der Waals surface area contributed by atoms with Gasteiger partial charge in [0.25, 0.3) is 0 Å². The second-order valence-electron chi connectivity index (χ2n) is 6.85. The monoisotopic (exact) mass is 406 g/mol. The maximum absolute atomic E-state index is 13.4. The summed E-state index contributed by atoms with van der Waals surface area (Å²) in [6, 6.07) is 23.0. The molecule has 0 aliphatic carbocycles. The molecule has 4 nitrogen and oxygen atoms in total. The lowest BCUT2D eigenvalue weighted by Crippen LogP contribution is -2.04. The van der Waals surface area contributed by atoms with E-state index in [0.29, 0.717) is 6.54 Å². The summed E-state index contributed by atoms with van der Waals surface area (Å²) in [4.78, 5) is 0.263. The van der Waals surface area contributed by atoms with Crippen molar-refractivity contribution >= 4 is 9.84 Å². The highest BCUT2D eigenvalue weighted by Gasteiger charge is 2.16. The van der Waals surface area contributed by atoms with Gasteiger partial charge in [-0.2, -0.15) is 5.10 Å². The molecule has 0 aliphatic rings. The van der Waals surface area contributed by atoms with Gasteiger partial charge in [-0.3, -0.25) is 4.68 Å². The standard InChI is InChI=1S/C23H19FN2O2S/c1-29(27,28)21-13-9-19(10-14-21)23-22(18-7-11-20(24)12-8-18)15-25-26(23)16-17-5-3-2-4-6-17/h2-15H,16H2,1H3. The Morgan fingerprint density at radius 1 is 0.862 bits per heavy atom. The van der Waals surface area contributed by atoms with Crippen molar-refractivity contribution in [2.45, 2.75) is 11.4 Å². The van der Waals surface area contributed by atoms with Crippen molar-refractivity contribution in [2.75, 3.05) is 6.26 Å². The van der Waals surface area contributed by atoms with Crippen LogP contribution in [0.4, 0.5) is 4.39 Å². The predicted octanol–water partition coefficient (Wildman–Crippen LogP) is 4.81. The van der Waals surface area contributed by atoms with Gasteiger partial charge in [0.05, 0.1) is 23.3 Å². The van der Waals surface area contributed by atoms with E-state index in [1.165, 1.54) is 18.4 Å². The lowest BCUT2D eigenvalue weighted by atomic mass is 10.0. The number of hydrogen-bond acceptors (Lipinski definition) is 3. The van der Waals surface area contributed by atoms with Crippen LogP contribution in [0.5, 0.6) is 0 Å². The molecule has 146 valence electrons. The normalized spacial score (nSPS) is 11.5. The van der Waals surface area contributed by atoms with E-state index < -0.39 is 9.84 Å². The predicted molar refractivity (Wildman–Crippen MR) is 112 cm³/mol. The van der Waals surface area contributed by atoms with Gasteiger partial charge in [0.15, 0.2) is 9.84 Å². The summed E-state index contributed by atoms with van der Waals surface area (Å²) in [6.45, 7) is 0.561. The third-order valence-corrected chi connectivity index (χ3v) is 5.85. The molecule has 0 aliphatic heterocycles. The van der Waals surface area contributed by atoms with Gasteiger partial charge in [0, 0.05) is 17.4 Å². The van der Waals surface area contributed by atoms with Crippen LogP contribution >= 0.6 is 0 Å². The van der Waals surface area contributed by atoms with Gasteiger partial charge in [-0.25, -0.2) is 12.8 Å². The fraction of sp³-hybridized carbons (Fsp3) is 0.0870. The van der Waals surface area contributed by atoms with E-state index in [9.17, 15) is 12.8 Å². The zero-order valence-electron chi connectivity index (χ0n) is 15.8. The molecule has 0 radical (unpaired) electrons. The Balaban J connectivity index is 1.84. The second kappa shape index (κ2) is 7.64. The Labute approximate surface area is 169 Å². The summed E-state index contributed by atoms with van der Waals surface area (Å²) in [5, 5.41) is 4.56. The third-order valence-electron chi connectivity index (χ3n) is 4.73. The summed E-state index contributed by atoms with van der Waals surface area (Å²) in [7, 11) is -3.28. The molecule has 3 aromatic carbocycles. The highest BCUT2D eigenvalue weighted by Crippen LogP contribution is 2.33. The molecule has 1 aromatic heterocycles. The Bertz CT molecular complexity index is 1230. The molecule has 4 rings (SSSR count). The summed E-state index contributed by atoms with van der Waals surface area (Å²) >= 11 is 0. The molecule has 0 spiro atoms. The van der Waals surface area contributed by atoms with E-state index in [0.717, 1.165) is 27.9 Å². The highest BCUT2D eigenvalue weighted by atomic mass is 32.2. The molecule has 0 amide bonds. The molecule has 0 saturated heterocycles. The number of rotatable bonds is 5. The zero-order chi connectivity index (χ0) is 20.4. The van der Waals surface area contributed by atoms with Crippen LogP contribution in [0.2, 0.25) is 0 Å². The van der Waals surface area contributed by atoms with Gasteiger partial charge in [-0.1, -0.05) is 54.6 Å². The minimum Gasteiger partial charge on any atom is -0.260 e. The molecule has 1 heterocycles. The van der Waals surface area contributed by atoms with Crippen LogP contribution in [0, 0.1) is 5.82 Å². The van der Waals surface area contributed by atoms with Gasteiger partial charge in [0.2, 0.25) is 0 Å². The summed E-state index contributed by atoms with van der Waals surface area (Å²) in [5.74, 6) is -0.301. The van der Waals surface area contributed by atoms with Crippen LogP contribution in [0.25, 0.3) is 22.4 Å². The number of aromatic nitrogens is 2. The Morgan fingerprint density at radius 2 is 1.48 bits per heavy atom.